The minimum Gasteiger partial charge on any atom is -0.406 e. The van der Waals surface area contributed by atoms with Crippen LogP contribution in [0.3, 0.4) is 0 Å². The summed E-state index contributed by atoms with van der Waals surface area (Å²) in [5.74, 6) is -0.493. The zero-order chi connectivity index (χ0) is 24.5. The zero-order valence-electron chi connectivity index (χ0n) is 17.4. The molecule has 1 saturated heterocycles. The summed E-state index contributed by atoms with van der Waals surface area (Å²) in [6.07, 6.45) is -3.22. The van der Waals surface area contributed by atoms with E-state index in [1.54, 1.807) is 5.38 Å². The van der Waals surface area contributed by atoms with Crippen LogP contribution in [0.15, 0.2) is 46.0 Å². The molecule has 0 spiro atoms. The van der Waals surface area contributed by atoms with Crippen LogP contribution in [0, 0.1) is 0 Å². The average Bonchev–Trinajstić information content (AvgIpc) is 3.52. The number of hydrogen-bond donors (Lipinski definition) is 0. The van der Waals surface area contributed by atoms with Gasteiger partial charge < -0.3 is 4.74 Å². The molecule has 4 rings (SSSR count). The van der Waals surface area contributed by atoms with E-state index in [0.717, 1.165) is 11.3 Å². The summed E-state index contributed by atoms with van der Waals surface area (Å²) in [4.78, 5) is 17.3. The largest absolute Gasteiger partial charge is 0.573 e. The lowest BCUT2D eigenvalue weighted by molar-refractivity contribution is -0.274. The second kappa shape index (κ2) is 9.94. The number of thiazole rings is 1. The Labute approximate surface area is 207 Å². The van der Waals surface area contributed by atoms with Crippen LogP contribution in [0.5, 0.6) is 5.75 Å². The molecule has 13 heteroatoms. The maximum Gasteiger partial charge on any atom is 0.573 e. The number of halogens is 4. The van der Waals surface area contributed by atoms with Gasteiger partial charge in [-0.25, -0.2) is 13.4 Å². The van der Waals surface area contributed by atoms with Crippen molar-refractivity contribution >= 4 is 50.1 Å². The molecule has 1 fully saturated rings. The number of carbonyl (C=O) groups is 1. The number of sulfonamides is 1. The van der Waals surface area contributed by atoms with Crippen LogP contribution in [0.2, 0.25) is 4.34 Å². The number of hydrogen-bond acceptors (Lipinski definition) is 7. The number of benzene rings is 1. The Kier molecular flexibility index (Phi) is 7.34. The van der Waals surface area contributed by atoms with Crippen LogP contribution in [0.1, 0.15) is 24.3 Å². The molecule has 6 nitrogen and oxygen atoms in total. The van der Waals surface area contributed by atoms with Crippen molar-refractivity contribution in [3.8, 4) is 17.0 Å². The normalized spacial score (nSPS) is 17.2. The number of alkyl halides is 3. The molecular weight excluding hydrogens is 533 g/mol. The van der Waals surface area contributed by atoms with E-state index < -0.39 is 22.4 Å². The number of rotatable bonds is 8. The zero-order valence-corrected chi connectivity index (χ0v) is 20.6. The van der Waals surface area contributed by atoms with Crippen molar-refractivity contribution in [1.29, 1.82) is 0 Å². The Balaban J connectivity index is 1.38. The lowest BCUT2D eigenvalue weighted by Gasteiger charge is -2.22. The highest BCUT2D eigenvalue weighted by Gasteiger charge is 2.39. The number of ketones is 1. The average molecular weight is 551 g/mol. The van der Waals surface area contributed by atoms with E-state index in [-0.39, 0.29) is 28.7 Å². The molecule has 0 amide bonds. The maximum atomic E-state index is 12.9. The van der Waals surface area contributed by atoms with Gasteiger partial charge in [0.25, 0.3) is 10.0 Å². The quantitative estimate of drug-likeness (QED) is 0.355. The van der Waals surface area contributed by atoms with Crippen LogP contribution >= 0.6 is 34.3 Å². The summed E-state index contributed by atoms with van der Waals surface area (Å²) in [7, 11) is -3.79. The highest BCUT2D eigenvalue weighted by molar-refractivity contribution is 7.91. The molecule has 1 aliphatic heterocycles. The minimum absolute atomic E-state index is 0.119. The fourth-order valence-corrected chi connectivity index (χ4v) is 7.78. The number of carbonyl (C=O) groups excluding carboxylic acids is 1. The monoisotopic (exact) mass is 550 g/mol. The van der Waals surface area contributed by atoms with Crippen molar-refractivity contribution in [3.05, 3.63) is 51.1 Å². The van der Waals surface area contributed by atoms with Crippen molar-refractivity contribution in [1.82, 2.24) is 9.29 Å². The first kappa shape index (κ1) is 25.1. The highest BCUT2D eigenvalue weighted by atomic mass is 35.5. The fraction of sp³-hybridized carbons (Fsp3) is 0.333. The van der Waals surface area contributed by atoms with Crippen molar-refractivity contribution < 1.29 is 31.1 Å². The molecule has 0 saturated carbocycles. The predicted molar refractivity (Wildman–Crippen MR) is 124 cm³/mol. The molecular formula is C21H18ClF3N2O4S3. The van der Waals surface area contributed by atoms with Gasteiger partial charge in [-0.05, 0) is 49.2 Å². The van der Waals surface area contributed by atoms with E-state index in [4.69, 9.17) is 11.6 Å². The molecule has 0 radical (unpaired) electrons. The summed E-state index contributed by atoms with van der Waals surface area (Å²) >= 11 is 8.17. The SMILES string of the molecule is O=C(CCc1nc(-c2ccc(OC(F)(F)F)cc2)cs1)[C@@H]1CCCN1S(=O)(=O)c1ccc(Cl)s1. The summed E-state index contributed by atoms with van der Waals surface area (Å²) < 4.78 is 68.4. The molecule has 1 atom stereocenters. The third-order valence-corrected chi connectivity index (χ3v) is 9.72. The fourth-order valence-electron chi connectivity index (χ4n) is 3.68. The lowest BCUT2D eigenvalue weighted by atomic mass is 10.1. The van der Waals surface area contributed by atoms with Gasteiger partial charge in [-0.15, -0.1) is 35.8 Å². The molecule has 0 unspecified atom stereocenters. The number of thiophene rings is 1. The lowest BCUT2D eigenvalue weighted by Crippen LogP contribution is -2.40. The Hall–Kier alpha value is -1.99. The Morgan fingerprint density at radius 2 is 1.94 bits per heavy atom. The molecule has 1 aliphatic rings. The van der Waals surface area contributed by atoms with Gasteiger partial charge in [0.05, 0.1) is 21.1 Å². The third-order valence-electron chi connectivity index (χ3n) is 5.21. The first-order valence-electron chi connectivity index (χ1n) is 10.1. The molecule has 34 heavy (non-hydrogen) atoms. The van der Waals surface area contributed by atoms with Crippen LogP contribution in [0.4, 0.5) is 13.2 Å². The summed E-state index contributed by atoms with van der Waals surface area (Å²) in [5, 5.41) is 2.43. The van der Waals surface area contributed by atoms with Crippen molar-refractivity contribution in [2.45, 2.75) is 42.3 Å². The first-order chi connectivity index (χ1) is 16.0. The van der Waals surface area contributed by atoms with Gasteiger partial charge in [-0.1, -0.05) is 11.6 Å². The Morgan fingerprint density at radius 3 is 2.59 bits per heavy atom. The number of ether oxygens (including phenoxy) is 1. The van der Waals surface area contributed by atoms with Gasteiger partial charge in [0.2, 0.25) is 0 Å². The predicted octanol–water partition coefficient (Wildman–Crippen LogP) is 5.78. The molecule has 1 aromatic carbocycles. The van der Waals surface area contributed by atoms with E-state index in [1.807, 2.05) is 0 Å². The Morgan fingerprint density at radius 1 is 1.21 bits per heavy atom. The van der Waals surface area contributed by atoms with Crippen LogP contribution in [-0.2, 0) is 21.2 Å². The number of aryl methyl sites for hydroxylation is 1. The van der Waals surface area contributed by atoms with Gasteiger partial charge >= 0.3 is 6.36 Å². The van der Waals surface area contributed by atoms with E-state index >= 15 is 0 Å². The van der Waals surface area contributed by atoms with E-state index in [0.29, 0.717) is 39.9 Å². The molecule has 3 heterocycles. The third kappa shape index (κ3) is 5.80. The maximum absolute atomic E-state index is 12.9. The van der Waals surface area contributed by atoms with Gasteiger partial charge in [0.15, 0.2) is 5.78 Å². The van der Waals surface area contributed by atoms with Gasteiger partial charge in [-0.2, -0.15) is 4.31 Å². The molecule has 2 aromatic heterocycles. The van der Waals surface area contributed by atoms with Crippen molar-refractivity contribution in [3.63, 3.8) is 0 Å². The summed E-state index contributed by atoms with van der Waals surface area (Å²) in [5.41, 5.74) is 1.19. The summed E-state index contributed by atoms with van der Waals surface area (Å²) in [6.45, 7) is 0.281. The van der Waals surface area contributed by atoms with E-state index in [2.05, 4.69) is 9.72 Å². The van der Waals surface area contributed by atoms with E-state index in [1.165, 1.54) is 52.0 Å². The molecule has 0 bridgehead atoms. The second-order valence-corrected chi connectivity index (χ2v) is 12.3. The van der Waals surface area contributed by atoms with Crippen LogP contribution in [-0.4, -0.2) is 42.4 Å². The highest BCUT2D eigenvalue weighted by Crippen LogP contribution is 2.33. The van der Waals surface area contributed by atoms with Gasteiger partial charge in [0.1, 0.15) is 9.96 Å². The number of nitrogens with zero attached hydrogens (tertiary/aromatic N) is 2. The second-order valence-electron chi connectivity index (χ2n) is 7.50. The number of Topliss-reactive ketones (excluding diaryl/α,β-unsaturated/α-hetero) is 1. The molecule has 0 N–H and O–H groups in total. The minimum atomic E-state index is -4.76. The molecule has 182 valence electrons. The molecule has 0 aliphatic carbocycles. The first-order valence-corrected chi connectivity index (χ1v) is 13.6. The topological polar surface area (TPSA) is 76.6 Å². The smallest absolute Gasteiger partial charge is 0.406 e. The molecule has 3 aromatic rings. The van der Waals surface area contributed by atoms with Gasteiger partial charge in [-0.3, -0.25) is 4.79 Å². The standard InChI is InChI=1S/C21H18ClF3N2O4S3/c22-18-8-10-20(33-18)34(29,30)27-11-1-2-16(27)17(28)7-9-19-26-15(12-32-19)13-3-5-14(6-4-13)31-21(23,24)25/h3-6,8,10,12,16H,1-2,7,9,11H2/t16-/m0/s1. The van der Waals surface area contributed by atoms with E-state index in [9.17, 15) is 26.4 Å². The van der Waals surface area contributed by atoms with Crippen LogP contribution < -0.4 is 4.74 Å². The van der Waals surface area contributed by atoms with Crippen LogP contribution in [0.25, 0.3) is 11.3 Å². The Bertz CT molecular complexity index is 1270. The van der Waals surface area contributed by atoms with Gasteiger partial charge in [0, 0.05) is 30.3 Å². The van der Waals surface area contributed by atoms with Crippen molar-refractivity contribution in [2.75, 3.05) is 6.54 Å². The van der Waals surface area contributed by atoms with Crippen molar-refractivity contribution in [2.24, 2.45) is 0 Å². The summed E-state index contributed by atoms with van der Waals surface area (Å²) in [6, 6.07) is 7.62. The number of aromatic nitrogens is 1.